The Bertz CT molecular complexity index is 278. The fourth-order valence-corrected chi connectivity index (χ4v) is 1.19. The normalized spacial score (nSPS) is 13.9. The molecule has 0 saturated carbocycles. The molecule has 0 aromatic heterocycles. The Labute approximate surface area is 98.6 Å². The molecule has 0 radical (unpaired) electrons. The lowest BCUT2D eigenvalue weighted by Gasteiger charge is -2.03. The Kier molecular flexibility index (Phi) is 8.35. The van der Waals surface area contributed by atoms with Crippen LogP contribution in [0.4, 0.5) is 0 Å². The van der Waals surface area contributed by atoms with Crippen molar-refractivity contribution in [3.05, 3.63) is 35.3 Å². The van der Waals surface area contributed by atoms with E-state index < -0.39 is 0 Å². The van der Waals surface area contributed by atoms with E-state index in [0.29, 0.717) is 13.2 Å². The van der Waals surface area contributed by atoms with Crippen LogP contribution in [-0.2, 0) is 9.47 Å². The van der Waals surface area contributed by atoms with Gasteiger partial charge < -0.3 is 15.2 Å². The summed E-state index contributed by atoms with van der Waals surface area (Å²) in [6, 6.07) is 0. The molecule has 0 aliphatic carbocycles. The number of ether oxygens (including phenoxy) is 2. The van der Waals surface area contributed by atoms with E-state index in [1.54, 1.807) is 7.11 Å². The maximum Gasteiger partial charge on any atom is 0.0928 e. The first-order chi connectivity index (χ1) is 7.63. The van der Waals surface area contributed by atoms with Crippen molar-refractivity contribution >= 4 is 0 Å². The van der Waals surface area contributed by atoms with Gasteiger partial charge in [-0.05, 0) is 51.5 Å². The molecule has 0 saturated heterocycles. The van der Waals surface area contributed by atoms with Gasteiger partial charge in [0.1, 0.15) is 0 Å². The summed E-state index contributed by atoms with van der Waals surface area (Å²) in [7, 11) is 1.66. The molecule has 0 heterocycles. The lowest BCUT2D eigenvalue weighted by Crippen LogP contribution is -1.99. The van der Waals surface area contributed by atoms with E-state index in [0.717, 1.165) is 23.5 Å². The van der Waals surface area contributed by atoms with E-state index >= 15 is 0 Å². The number of nitrogens with two attached hydrogens (primary N) is 1. The van der Waals surface area contributed by atoms with E-state index in [1.807, 2.05) is 39.0 Å². The highest BCUT2D eigenvalue weighted by Crippen LogP contribution is 2.08. The molecule has 0 amide bonds. The average molecular weight is 225 g/mol. The highest BCUT2D eigenvalue weighted by molar-refractivity contribution is 5.26. The van der Waals surface area contributed by atoms with Crippen LogP contribution >= 0.6 is 0 Å². The van der Waals surface area contributed by atoms with Gasteiger partial charge in [-0.2, -0.15) is 0 Å². The van der Waals surface area contributed by atoms with Gasteiger partial charge in [0, 0.05) is 0 Å². The molecule has 16 heavy (non-hydrogen) atoms. The standard InChI is InChI=1S/C13H23NO2/c1-5-16-11(2)6-7-13(8-9-14)10-12(3)15-4/h6-7,10H,5,8-9,14H2,1-4H3/b11-6+,12-10+,13-7-. The molecule has 0 spiro atoms. The highest BCUT2D eigenvalue weighted by atomic mass is 16.5. The van der Waals surface area contributed by atoms with Gasteiger partial charge in [-0.1, -0.05) is 6.08 Å². The molecule has 0 aromatic rings. The van der Waals surface area contributed by atoms with Crippen molar-refractivity contribution in [2.45, 2.75) is 27.2 Å². The maximum absolute atomic E-state index is 5.55. The van der Waals surface area contributed by atoms with Crippen molar-refractivity contribution in [1.29, 1.82) is 0 Å². The van der Waals surface area contributed by atoms with Crippen molar-refractivity contribution in [1.82, 2.24) is 0 Å². The second-order valence-corrected chi connectivity index (χ2v) is 3.45. The van der Waals surface area contributed by atoms with Crippen molar-refractivity contribution in [3.8, 4) is 0 Å². The Hall–Kier alpha value is -1.22. The van der Waals surface area contributed by atoms with Crippen LogP contribution in [0.25, 0.3) is 0 Å². The van der Waals surface area contributed by atoms with Gasteiger partial charge in [-0.25, -0.2) is 0 Å². The number of methoxy groups -OCH3 is 1. The van der Waals surface area contributed by atoms with Crippen LogP contribution in [0, 0.1) is 0 Å². The quantitative estimate of drug-likeness (QED) is 0.535. The molecule has 0 bridgehead atoms. The fourth-order valence-electron chi connectivity index (χ4n) is 1.19. The molecule has 92 valence electrons. The maximum atomic E-state index is 5.55. The van der Waals surface area contributed by atoms with Gasteiger partial charge >= 0.3 is 0 Å². The summed E-state index contributed by atoms with van der Waals surface area (Å²) < 4.78 is 10.4. The minimum atomic E-state index is 0.626. The topological polar surface area (TPSA) is 44.5 Å². The van der Waals surface area contributed by atoms with Crippen molar-refractivity contribution in [2.75, 3.05) is 20.3 Å². The van der Waals surface area contributed by atoms with Crippen LogP contribution in [0.3, 0.4) is 0 Å². The second kappa shape index (κ2) is 9.04. The molecule has 2 N–H and O–H groups in total. The summed E-state index contributed by atoms with van der Waals surface area (Å²) in [5.74, 6) is 1.78. The zero-order valence-electron chi connectivity index (χ0n) is 10.7. The molecule has 0 atom stereocenters. The third-order valence-corrected chi connectivity index (χ3v) is 2.05. The first kappa shape index (κ1) is 14.8. The molecular weight excluding hydrogens is 202 g/mol. The lowest BCUT2D eigenvalue weighted by atomic mass is 10.1. The third kappa shape index (κ3) is 7.12. The van der Waals surface area contributed by atoms with Gasteiger partial charge in [-0.3, -0.25) is 0 Å². The van der Waals surface area contributed by atoms with Crippen LogP contribution in [0.2, 0.25) is 0 Å². The summed E-state index contributed by atoms with van der Waals surface area (Å²) in [5, 5.41) is 0. The number of hydrogen-bond donors (Lipinski definition) is 1. The first-order valence-electron chi connectivity index (χ1n) is 5.56. The van der Waals surface area contributed by atoms with Crippen LogP contribution in [0.1, 0.15) is 27.2 Å². The molecule has 0 fully saturated rings. The predicted octanol–water partition coefficient (Wildman–Crippen LogP) is 2.75. The Morgan fingerprint density at radius 3 is 2.38 bits per heavy atom. The smallest absolute Gasteiger partial charge is 0.0928 e. The van der Waals surface area contributed by atoms with Crippen molar-refractivity contribution in [3.63, 3.8) is 0 Å². The third-order valence-electron chi connectivity index (χ3n) is 2.05. The monoisotopic (exact) mass is 225 g/mol. The minimum absolute atomic E-state index is 0.626. The average Bonchev–Trinajstić information content (AvgIpc) is 2.26. The van der Waals surface area contributed by atoms with Gasteiger partial charge in [-0.15, -0.1) is 0 Å². The molecule has 3 heteroatoms. The minimum Gasteiger partial charge on any atom is -0.501 e. The van der Waals surface area contributed by atoms with E-state index in [-0.39, 0.29) is 0 Å². The summed E-state index contributed by atoms with van der Waals surface area (Å²) in [6.07, 6.45) is 6.79. The molecule has 0 aliphatic rings. The van der Waals surface area contributed by atoms with Gasteiger partial charge in [0.25, 0.3) is 0 Å². The highest BCUT2D eigenvalue weighted by Gasteiger charge is 1.94. The Balaban J connectivity index is 4.64. The van der Waals surface area contributed by atoms with Gasteiger partial charge in [0.2, 0.25) is 0 Å². The summed E-state index contributed by atoms with van der Waals surface area (Å²) >= 11 is 0. The predicted molar refractivity (Wildman–Crippen MR) is 67.9 cm³/mol. The zero-order valence-corrected chi connectivity index (χ0v) is 10.7. The van der Waals surface area contributed by atoms with E-state index in [9.17, 15) is 0 Å². The summed E-state index contributed by atoms with van der Waals surface area (Å²) in [5.41, 5.74) is 6.69. The molecular formula is C13H23NO2. The number of hydrogen-bond acceptors (Lipinski definition) is 3. The zero-order chi connectivity index (χ0) is 12.4. The summed E-state index contributed by atoms with van der Waals surface area (Å²) in [4.78, 5) is 0. The van der Waals surface area contributed by atoms with Gasteiger partial charge in [0.15, 0.2) is 0 Å². The molecule has 0 aliphatic heterocycles. The number of allylic oxidation sites excluding steroid dienone is 5. The van der Waals surface area contributed by atoms with E-state index in [2.05, 4.69) is 0 Å². The van der Waals surface area contributed by atoms with Gasteiger partial charge in [0.05, 0.1) is 25.2 Å². The van der Waals surface area contributed by atoms with Crippen LogP contribution in [0.15, 0.2) is 35.3 Å². The van der Waals surface area contributed by atoms with Crippen LogP contribution in [0.5, 0.6) is 0 Å². The van der Waals surface area contributed by atoms with Crippen molar-refractivity contribution in [2.24, 2.45) is 5.73 Å². The molecule has 0 unspecified atom stereocenters. The largest absolute Gasteiger partial charge is 0.501 e. The SMILES string of the molecule is CCO/C(C)=C/C=C(\C=C(/C)OC)CCN. The van der Waals surface area contributed by atoms with E-state index in [4.69, 9.17) is 15.2 Å². The summed E-state index contributed by atoms with van der Waals surface area (Å²) in [6.45, 7) is 7.14. The Morgan fingerprint density at radius 2 is 1.88 bits per heavy atom. The molecule has 3 nitrogen and oxygen atoms in total. The molecule has 0 aromatic carbocycles. The second-order valence-electron chi connectivity index (χ2n) is 3.45. The lowest BCUT2D eigenvalue weighted by molar-refractivity contribution is 0.231. The first-order valence-corrected chi connectivity index (χ1v) is 5.56. The number of rotatable bonds is 7. The molecule has 0 rings (SSSR count). The fraction of sp³-hybridized carbons (Fsp3) is 0.538. The van der Waals surface area contributed by atoms with Crippen molar-refractivity contribution < 1.29 is 9.47 Å². The van der Waals surface area contributed by atoms with Crippen LogP contribution < -0.4 is 5.73 Å². The van der Waals surface area contributed by atoms with E-state index in [1.165, 1.54) is 0 Å². The Morgan fingerprint density at radius 1 is 1.19 bits per heavy atom. The van der Waals surface area contributed by atoms with Crippen LogP contribution in [-0.4, -0.2) is 20.3 Å².